The molecule has 2 aromatic rings. The number of halogens is 3. The molecular weight excluding hydrogens is 333 g/mol. The van der Waals surface area contributed by atoms with E-state index in [-0.39, 0.29) is 12.4 Å². The van der Waals surface area contributed by atoms with E-state index < -0.39 is 0 Å². The lowest BCUT2D eigenvalue weighted by atomic mass is 10.2. The third kappa shape index (κ3) is 3.95. The van der Waals surface area contributed by atoms with Crippen molar-refractivity contribution in [3.63, 3.8) is 0 Å². The lowest BCUT2D eigenvalue weighted by Gasteiger charge is -2.08. The maximum absolute atomic E-state index is 6.13. The van der Waals surface area contributed by atoms with Crippen LogP contribution >= 0.6 is 23.2 Å². The van der Waals surface area contributed by atoms with Gasteiger partial charge in [-0.1, -0.05) is 35.3 Å². The summed E-state index contributed by atoms with van der Waals surface area (Å²) in [6.45, 7) is 1.71. The first kappa shape index (κ1) is 16.2. The van der Waals surface area contributed by atoms with Crippen molar-refractivity contribution >= 4 is 23.2 Å². The van der Waals surface area contributed by atoms with Crippen molar-refractivity contribution in [1.29, 1.82) is 0 Å². The predicted octanol–water partition coefficient (Wildman–Crippen LogP) is 1.02. The van der Waals surface area contributed by atoms with Gasteiger partial charge in [-0.05, 0) is 35.4 Å². The highest BCUT2D eigenvalue weighted by molar-refractivity contribution is 6.35. The Kier molecular flexibility index (Phi) is 5.59. The SMILES string of the molecule is Clc1ccc(CNCc2ccc3c(c2)OCO3)c(Cl)c1.[Cl-]. The molecule has 0 aliphatic carbocycles. The van der Waals surface area contributed by atoms with Crippen LogP contribution in [0.25, 0.3) is 0 Å². The van der Waals surface area contributed by atoms with E-state index in [1.54, 1.807) is 6.07 Å². The van der Waals surface area contributed by atoms with Crippen LogP contribution in [0.5, 0.6) is 11.5 Å². The van der Waals surface area contributed by atoms with Crippen LogP contribution in [0, 0.1) is 0 Å². The fourth-order valence-electron chi connectivity index (χ4n) is 2.06. The summed E-state index contributed by atoms with van der Waals surface area (Å²) in [6.07, 6.45) is 0. The van der Waals surface area contributed by atoms with Crippen molar-refractivity contribution < 1.29 is 21.9 Å². The second-order valence-electron chi connectivity index (χ2n) is 4.53. The molecule has 0 atom stereocenters. The van der Waals surface area contributed by atoms with Gasteiger partial charge < -0.3 is 27.2 Å². The van der Waals surface area contributed by atoms with Crippen molar-refractivity contribution in [3.05, 3.63) is 57.6 Å². The standard InChI is InChI=1S/C15H13Cl2NO2.ClH/c16-12-3-2-11(13(17)6-12)8-18-7-10-1-4-14-15(5-10)20-9-19-14;/h1-6,18H,7-9H2;1H/p-1. The van der Waals surface area contributed by atoms with Crippen LogP contribution in [0.4, 0.5) is 0 Å². The smallest absolute Gasteiger partial charge is 0.231 e. The van der Waals surface area contributed by atoms with Crippen molar-refractivity contribution in [2.24, 2.45) is 0 Å². The first-order valence-corrected chi connectivity index (χ1v) is 7.01. The van der Waals surface area contributed by atoms with Crippen LogP contribution in [0.15, 0.2) is 36.4 Å². The van der Waals surface area contributed by atoms with E-state index in [0.29, 0.717) is 23.4 Å². The van der Waals surface area contributed by atoms with E-state index in [0.717, 1.165) is 29.2 Å². The van der Waals surface area contributed by atoms with Gasteiger partial charge in [0.05, 0.1) is 0 Å². The third-order valence-corrected chi connectivity index (χ3v) is 3.68. The van der Waals surface area contributed by atoms with Crippen molar-refractivity contribution in [1.82, 2.24) is 5.32 Å². The predicted molar refractivity (Wildman–Crippen MR) is 79.6 cm³/mol. The molecule has 3 nitrogen and oxygen atoms in total. The van der Waals surface area contributed by atoms with Gasteiger partial charge in [-0.25, -0.2) is 0 Å². The summed E-state index contributed by atoms with van der Waals surface area (Å²) in [7, 11) is 0. The topological polar surface area (TPSA) is 30.5 Å². The Morgan fingerprint density at radius 1 is 0.952 bits per heavy atom. The maximum Gasteiger partial charge on any atom is 0.231 e. The third-order valence-electron chi connectivity index (χ3n) is 3.10. The van der Waals surface area contributed by atoms with E-state index in [1.165, 1.54) is 0 Å². The summed E-state index contributed by atoms with van der Waals surface area (Å²) in [5.74, 6) is 1.60. The van der Waals surface area contributed by atoms with Gasteiger partial charge in [-0.3, -0.25) is 0 Å². The minimum atomic E-state index is 0. The largest absolute Gasteiger partial charge is 1.00 e. The lowest BCUT2D eigenvalue weighted by molar-refractivity contribution is -0.00000540. The molecule has 0 bridgehead atoms. The number of benzene rings is 2. The van der Waals surface area contributed by atoms with Gasteiger partial charge in [0.2, 0.25) is 6.79 Å². The molecule has 0 aromatic heterocycles. The Labute approximate surface area is 139 Å². The molecule has 0 amide bonds. The molecule has 21 heavy (non-hydrogen) atoms. The Hall–Kier alpha value is -1.13. The molecule has 6 heteroatoms. The highest BCUT2D eigenvalue weighted by Gasteiger charge is 2.12. The summed E-state index contributed by atoms with van der Waals surface area (Å²) in [4.78, 5) is 0. The number of fused-ring (bicyclic) bond motifs is 1. The fourth-order valence-corrected chi connectivity index (χ4v) is 2.53. The maximum atomic E-state index is 6.13. The zero-order valence-corrected chi connectivity index (χ0v) is 13.3. The summed E-state index contributed by atoms with van der Waals surface area (Å²) < 4.78 is 10.6. The molecule has 0 fully saturated rings. The molecule has 0 unspecified atom stereocenters. The monoisotopic (exact) mass is 344 g/mol. The number of nitrogens with one attached hydrogen (secondary N) is 1. The van der Waals surface area contributed by atoms with Gasteiger partial charge in [-0.15, -0.1) is 0 Å². The molecule has 112 valence electrons. The molecular formula is C15H13Cl3NO2-. The number of ether oxygens (including phenoxy) is 2. The molecule has 0 radical (unpaired) electrons. The molecule has 0 saturated carbocycles. The van der Waals surface area contributed by atoms with Crippen LogP contribution in [0.2, 0.25) is 10.0 Å². The van der Waals surface area contributed by atoms with Crippen LogP contribution in [0.1, 0.15) is 11.1 Å². The Morgan fingerprint density at radius 2 is 1.76 bits per heavy atom. The molecule has 1 aliphatic rings. The molecule has 3 rings (SSSR count). The van der Waals surface area contributed by atoms with Gasteiger partial charge in [0.25, 0.3) is 0 Å². The summed E-state index contributed by atoms with van der Waals surface area (Å²) >= 11 is 12.0. The molecule has 0 saturated heterocycles. The molecule has 1 aliphatic heterocycles. The molecule has 1 heterocycles. The number of hydrogen-bond acceptors (Lipinski definition) is 3. The van der Waals surface area contributed by atoms with E-state index in [1.807, 2.05) is 30.3 Å². The van der Waals surface area contributed by atoms with Crippen molar-refractivity contribution in [3.8, 4) is 11.5 Å². The van der Waals surface area contributed by atoms with Crippen LogP contribution < -0.4 is 27.2 Å². The fraction of sp³-hybridized carbons (Fsp3) is 0.200. The molecule has 2 aromatic carbocycles. The average Bonchev–Trinajstić information content (AvgIpc) is 2.89. The quantitative estimate of drug-likeness (QED) is 0.897. The van der Waals surface area contributed by atoms with Gasteiger partial charge >= 0.3 is 0 Å². The second-order valence-corrected chi connectivity index (χ2v) is 5.37. The van der Waals surface area contributed by atoms with Crippen LogP contribution in [-0.2, 0) is 13.1 Å². The van der Waals surface area contributed by atoms with E-state index in [9.17, 15) is 0 Å². The van der Waals surface area contributed by atoms with Crippen LogP contribution in [0.3, 0.4) is 0 Å². The zero-order valence-electron chi connectivity index (χ0n) is 11.0. The molecule has 1 N–H and O–H groups in total. The Bertz CT molecular complexity index is 634. The highest BCUT2D eigenvalue weighted by Crippen LogP contribution is 2.32. The van der Waals surface area contributed by atoms with Crippen molar-refractivity contribution in [2.45, 2.75) is 13.1 Å². The van der Waals surface area contributed by atoms with Gasteiger partial charge in [-0.2, -0.15) is 0 Å². The van der Waals surface area contributed by atoms with Crippen LogP contribution in [-0.4, -0.2) is 6.79 Å². The highest BCUT2D eigenvalue weighted by atomic mass is 35.5. The number of rotatable bonds is 4. The molecule has 0 spiro atoms. The zero-order chi connectivity index (χ0) is 13.9. The first-order valence-electron chi connectivity index (χ1n) is 6.25. The Morgan fingerprint density at radius 3 is 2.57 bits per heavy atom. The summed E-state index contributed by atoms with van der Waals surface area (Å²) in [5.41, 5.74) is 2.16. The minimum absolute atomic E-state index is 0. The van der Waals surface area contributed by atoms with Crippen molar-refractivity contribution in [2.75, 3.05) is 6.79 Å². The summed E-state index contributed by atoms with van der Waals surface area (Å²) in [5, 5.41) is 4.67. The van der Waals surface area contributed by atoms with Gasteiger partial charge in [0.1, 0.15) is 0 Å². The van der Waals surface area contributed by atoms with E-state index >= 15 is 0 Å². The van der Waals surface area contributed by atoms with E-state index in [4.69, 9.17) is 32.7 Å². The average molecular weight is 346 g/mol. The van der Waals surface area contributed by atoms with Gasteiger partial charge in [0.15, 0.2) is 11.5 Å². The summed E-state index contributed by atoms with van der Waals surface area (Å²) in [6, 6.07) is 11.4. The van der Waals surface area contributed by atoms with E-state index in [2.05, 4.69) is 5.32 Å². The second kappa shape index (κ2) is 7.23. The first-order chi connectivity index (χ1) is 9.72. The normalized spacial score (nSPS) is 12.1. The lowest BCUT2D eigenvalue weighted by Crippen LogP contribution is -3.00. The van der Waals surface area contributed by atoms with Gasteiger partial charge in [0, 0.05) is 23.1 Å². The number of hydrogen-bond donors (Lipinski definition) is 1. The minimum Gasteiger partial charge on any atom is -1.00 e. The Balaban J connectivity index is 0.00000161.